The summed E-state index contributed by atoms with van der Waals surface area (Å²) in [5.74, 6) is -0.341. The highest BCUT2D eigenvalue weighted by atomic mass is 16.1. The Hall–Kier alpha value is -1.91. The van der Waals surface area contributed by atoms with Crippen LogP contribution in [0.5, 0.6) is 0 Å². The van der Waals surface area contributed by atoms with E-state index in [4.69, 9.17) is 5.73 Å². The molecule has 2 N–H and O–H groups in total. The normalized spacial score (nSPS) is 13.9. The summed E-state index contributed by atoms with van der Waals surface area (Å²) in [7, 11) is 0. The molecule has 1 aromatic heterocycles. The SMILES string of the molecule is NC(=O)CN1C=Cc2cncnc2C1. The second-order valence-corrected chi connectivity index (χ2v) is 3.11. The molecule has 5 nitrogen and oxygen atoms in total. The number of nitrogens with two attached hydrogens (primary N) is 1. The number of rotatable bonds is 2. The van der Waals surface area contributed by atoms with Crippen LogP contribution < -0.4 is 5.73 Å². The van der Waals surface area contributed by atoms with Gasteiger partial charge in [-0.3, -0.25) is 4.79 Å². The third kappa shape index (κ3) is 1.71. The van der Waals surface area contributed by atoms with Crippen molar-refractivity contribution in [2.45, 2.75) is 6.54 Å². The summed E-state index contributed by atoms with van der Waals surface area (Å²) in [6, 6.07) is 0. The van der Waals surface area contributed by atoms with Crippen LogP contribution in [0.15, 0.2) is 18.7 Å². The molecule has 0 aliphatic carbocycles. The van der Waals surface area contributed by atoms with Gasteiger partial charge in [0.1, 0.15) is 6.33 Å². The minimum Gasteiger partial charge on any atom is -0.368 e. The zero-order chi connectivity index (χ0) is 9.97. The van der Waals surface area contributed by atoms with E-state index in [-0.39, 0.29) is 12.5 Å². The molecule has 2 rings (SSSR count). The van der Waals surface area contributed by atoms with Gasteiger partial charge in [0.2, 0.25) is 5.91 Å². The van der Waals surface area contributed by atoms with Gasteiger partial charge in [-0.25, -0.2) is 9.97 Å². The van der Waals surface area contributed by atoms with Crippen molar-refractivity contribution in [2.24, 2.45) is 5.73 Å². The average molecular weight is 190 g/mol. The smallest absolute Gasteiger partial charge is 0.236 e. The Balaban J connectivity index is 2.17. The standard InChI is InChI=1S/C9H10N4O/c10-9(14)5-13-2-1-7-3-11-6-12-8(7)4-13/h1-3,6H,4-5H2,(H2,10,14). The second-order valence-electron chi connectivity index (χ2n) is 3.11. The lowest BCUT2D eigenvalue weighted by Gasteiger charge is -2.22. The Morgan fingerprint density at radius 3 is 3.29 bits per heavy atom. The molecule has 0 bridgehead atoms. The summed E-state index contributed by atoms with van der Waals surface area (Å²) in [5, 5.41) is 0. The van der Waals surface area contributed by atoms with Crippen LogP contribution in [0.25, 0.3) is 6.08 Å². The average Bonchev–Trinajstić information content (AvgIpc) is 2.17. The van der Waals surface area contributed by atoms with Crippen molar-refractivity contribution < 1.29 is 4.79 Å². The summed E-state index contributed by atoms with van der Waals surface area (Å²) < 4.78 is 0. The molecule has 0 atom stereocenters. The van der Waals surface area contributed by atoms with Gasteiger partial charge >= 0.3 is 0 Å². The molecule has 2 heterocycles. The molecule has 0 unspecified atom stereocenters. The number of carbonyl (C=O) groups excluding carboxylic acids is 1. The molecule has 5 heteroatoms. The number of fused-ring (bicyclic) bond motifs is 1. The predicted molar refractivity (Wildman–Crippen MR) is 50.7 cm³/mol. The summed E-state index contributed by atoms with van der Waals surface area (Å²) in [4.78, 5) is 20.5. The molecule has 1 aliphatic heterocycles. The molecule has 0 spiro atoms. The molecule has 0 saturated heterocycles. The Morgan fingerprint density at radius 1 is 1.64 bits per heavy atom. The maximum atomic E-state index is 10.7. The molecule has 1 amide bonds. The summed E-state index contributed by atoms with van der Waals surface area (Å²) in [6.07, 6.45) is 6.96. The van der Waals surface area contributed by atoms with Crippen LogP contribution in [-0.4, -0.2) is 27.3 Å². The highest BCUT2D eigenvalue weighted by Crippen LogP contribution is 2.15. The van der Waals surface area contributed by atoms with E-state index in [0.29, 0.717) is 6.54 Å². The van der Waals surface area contributed by atoms with E-state index in [0.717, 1.165) is 11.3 Å². The molecule has 0 saturated carbocycles. The first kappa shape index (κ1) is 8.68. The van der Waals surface area contributed by atoms with Gasteiger partial charge in [-0.2, -0.15) is 0 Å². The second kappa shape index (κ2) is 3.45. The van der Waals surface area contributed by atoms with Gasteiger partial charge in [-0.15, -0.1) is 0 Å². The summed E-state index contributed by atoms with van der Waals surface area (Å²) >= 11 is 0. The number of nitrogens with zero attached hydrogens (tertiary/aromatic N) is 3. The van der Waals surface area contributed by atoms with Crippen molar-refractivity contribution in [1.29, 1.82) is 0 Å². The lowest BCUT2D eigenvalue weighted by Crippen LogP contribution is -2.31. The highest BCUT2D eigenvalue weighted by molar-refractivity contribution is 5.76. The van der Waals surface area contributed by atoms with Gasteiger partial charge in [-0.05, 0) is 6.08 Å². The Morgan fingerprint density at radius 2 is 2.50 bits per heavy atom. The van der Waals surface area contributed by atoms with Crippen molar-refractivity contribution in [2.75, 3.05) is 6.54 Å². The van der Waals surface area contributed by atoms with Crippen molar-refractivity contribution in [3.8, 4) is 0 Å². The van der Waals surface area contributed by atoms with E-state index in [1.165, 1.54) is 6.33 Å². The zero-order valence-corrected chi connectivity index (χ0v) is 7.55. The minimum absolute atomic E-state index is 0.222. The molecule has 72 valence electrons. The van der Waals surface area contributed by atoms with E-state index >= 15 is 0 Å². The fourth-order valence-corrected chi connectivity index (χ4v) is 1.38. The van der Waals surface area contributed by atoms with Gasteiger partial charge in [-0.1, -0.05) is 0 Å². The van der Waals surface area contributed by atoms with Gasteiger partial charge in [0.25, 0.3) is 0 Å². The minimum atomic E-state index is -0.341. The molecule has 14 heavy (non-hydrogen) atoms. The third-order valence-corrected chi connectivity index (χ3v) is 2.00. The molecule has 0 aromatic carbocycles. The molecular formula is C9H10N4O. The van der Waals surface area contributed by atoms with Crippen LogP contribution in [-0.2, 0) is 11.3 Å². The molecular weight excluding hydrogens is 180 g/mol. The monoisotopic (exact) mass is 190 g/mol. The predicted octanol–water partition coefficient (Wildman–Crippen LogP) is -0.252. The van der Waals surface area contributed by atoms with Crippen LogP contribution in [0.4, 0.5) is 0 Å². The number of carbonyl (C=O) groups is 1. The van der Waals surface area contributed by atoms with Gasteiger partial charge in [0, 0.05) is 18.0 Å². The summed E-state index contributed by atoms with van der Waals surface area (Å²) in [5.41, 5.74) is 7.01. The number of aromatic nitrogens is 2. The Labute approximate surface area is 81.3 Å². The third-order valence-electron chi connectivity index (χ3n) is 2.00. The van der Waals surface area contributed by atoms with E-state index in [2.05, 4.69) is 9.97 Å². The molecule has 1 aliphatic rings. The van der Waals surface area contributed by atoms with Crippen molar-refractivity contribution in [3.63, 3.8) is 0 Å². The highest BCUT2D eigenvalue weighted by Gasteiger charge is 2.12. The van der Waals surface area contributed by atoms with Gasteiger partial charge < -0.3 is 10.6 Å². The lowest BCUT2D eigenvalue weighted by molar-refractivity contribution is -0.118. The van der Waals surface area contributed by atoms with Crippen LogP contribution >= 0.6 is 0 Å². The van der Waals surface area contributed by atoms with Crippen LogP contribution in [0.2, 0.25) is 0 Å². The van der Waals surface area contributed by atoms with Crippen molar-refractivity contribution in [3.05, 3.63) is 30.0 Å². The lowest BCUT2D eigenvalue weighted by atomic mass is 10.1. The zero-order valence-electron chi connectivity index (χ0n) is 7.55. The van der Waals surface area contributed by atoms with Crippen LogP contribution in [0, 0.1) is 0 Å². The number of primary amides is 1. The summed E-state index contributed by atoms with van der Waals surface area (Å²) in [6.45, 7) is 0.831. The fourth-order valence-electron chi connectivity index (χ4n) is 1.38. The molecule has 0 fully saturated rings. The fraction of sp³-hybridized carbons (Fsp3) is 0.222. The van der Waals surface area contributed by atoms with Crippen LogP contribution in [0.1, 0.15) is 11.3 Å². The number of amides is 1. The van der Waals surface area contributed by atoms with Crippen molar-refractivity contribution >= 4 is 12.0 Å². The Kier molecular flexibility index (Phi) is 2.14. The van der Waals surface area contributed by atoms with Gasteiger partial charge in [0.05, 0.1) is 18.8 Å². The van der Waals surface area contributed by atoms with Crippen molar-refractivity contribution in [1.82, 2.24) is 14.9 Å². The van der Waals surface area contributed by atoms with E-state index < -0.39 is 0 Å². The maximum Gasteiger partial charge on any atom is 0.236 e. The first-order valence-electron chi connectivity index (χ1n) is 4.25. The van der Waals surface area contributed by atoms with E-state index in [1.54, 1.807) is 6.20 Å². The first-order chi connectivity index (χ1) is 6.75. The number of hydrogen-bond donors (Lipinski definition) is 1. The van der Waals surface area contributed by atoms with Crippen LogP contribution in [0.3, 0.4) is 0 Å². The molecule has 1 aromatic rings. The topological polar surface area (TPSA) is 72.1 Å². The number of hydrogen-bond acceptors (Lipinski definition) is 4. The molecule has 0 radical (unpaired) electrons. The largest absolute Gasteiger partial charge is 0.368 e. The van der Waals surface area contributed by atoms with E-state index in [1.807, 2.05) is 17.2 Å². The van der Waals surface area contributed by atoms with Gasteiger partial charge in [0.15, 0.2) is 0 Å². The van der Waals surface area contributed by atoms with E-state index in [9.17, 15) is 4.79 Å². The quantitative estimate of drug-likeness (QED) is 0.697. The maximum absolute atomic E-state index is 10.7. The Bertz CT molecular complexity index is 388. The first-order valence-corrected chi connectivity index (χ1v) is 4.25.